The largest absolute Gasteiger partial charge is 0.497 e. The van der Waals surface area contributed by atoms with E-state index in [9.17, 15) is 19.2 Å². The maximum atomic E-state index is 11.9. The van der Waals surface area contributed by atoms with Gasteiger partial charge in [-0.1, -0.05) is 6.07 Å². The highest BCUT2D eigenvalue weighted by molar-refractivity contribution is 5.98. The van der Waals surface area contributed by atoms with Gasteiger partial charge in [-0.25, -0.2) is 0 Å². The molecule has 0 unspecified atom stereocenters. The van der Waals surface area contributed by atoms with Crippen LogP contribution in [0.4, 0.5) is 0 Å². The first-order chi connectivity index (χ1) is 11.5. The first kappa shape index (κ1) is 17.5. The van der Waals surface area contributed by atoms with Gasteiger partial charge in [-0.2, -0.15) is 0 Å². The molecule has 1 saturated heterocycles. The van der Waals surface area contributed by atoms with Crippen molar-refractivity contribution in [2.75, 3.05) is 26.8 Å². The smallest absolute Gasteiger partial charge is 0.325 e. The third-order valence-electron chi connectivity index (χ3n) is 3.46. The number of carbonyl (C=O) groups is 4. The number of esters is 1. The first-order valence-electron chi connectivity index (χ1n) is 7.42. The molecule has 0 aliphatic carbocycles. The second-order valence-electron chi connectivity index (χ2n) is 5.12. The van der Waals surface area contributed by atoms with Gasteiger partial charge >= 0.3 is 5.97 Å². The third kappa shape index (κ3) is 4.55. The number of carbonyl (C=O) groups excluding carboxylic acids is 4. The van der Waals surface area contributed by atoms with Gasteiger partial charge < -0.3 is 14.8 Å². The second kappa shape index (κ2) is 8.09. The maximum absolute atomic E-state index is 11.9. The van der Waals surface area contributed by atoms with Crippen LogP contribution in [0.1, 0.15) is 23.2 Å². The Morgan fingerprint density at radius 3 is 2.75 bits per heavy atom. The van der Waals surface area contributed by atoms with E-state index in [0.29, 0.717) is 30.7 Å². The topological polar surface area (TPSA) is 102 Å². The van der Waals surface area contributed by atoms with E-state index in [4.69, 9.17) is 9.47 Å². The molecule has 1 N–H and O–H groups in total. The van der Waals surface area contributed by atoms with Crippen molar-refractivity contribution in [2.45, 2.75) is 12.8 Å². The first-order valence-corrected chi connectivity index (χ1v) is 7.42. The zero-order valence-corrected chi connectivity index (χ0v) is 13.2. The molecule has 1 fully saturated rings. The molecule has 0 saturated carbocycles. The molecule has 1 aliphatic heterocycles. The number of ether oxygens (including phenoxy) is 2. The number of methoxy groups -OCH3 is 1. The van der Waals surface area contributed by atoms with Gasteiger partial charge in [-0.3, -0.25) is 24.1 Å². The molecule has 2 rings (SSSR count). The number of nitrogens with one attached hydrogen (secondary N) is 1. The molecule has 1 aromatic carbocycles. The van der Waals surface area contributed by atoms with E-state index in [0.717, 1.165) is 4.90 Å². The van der Waals surface area contributed by atoms with Gasteiger partial charge in [-0.15, -0.1) is 0 Å². The lowest BCUT2D eigenvalue weighted by molar-refractivity contribution is -0.154. The van der Waals surface area contributed by atoms with Crippen molar-refractivity contribution < 1.29 is 28.7 Å². The number of hydrogen-bond acceptors (Lipinski definition) is 6. The normalized spacial score (nSPS) is 13.5. The predicted molar refractivity (Wildman–Crippen MR) is 82.2 cm³/mol. The monoisotopic (exact) mass is 334 g/mol. The number of hydrogen-bond donors (Lipinski definition) is 1. The van der Waals surface area contributed by atoms with Crippen molar-refractivity contribution in [1.29, 1.82) is 0 Å². The van der Waals surface area contributed by atoms with Gasteiger partial charge in [0.15, 0.2) is 6.61 Å². The molecular weight excluding hydrogens is 316 g/mol. The number of imide groups is 1. The van der Waals surface area contributed by atoms with Crippen molar-refractivity contribution in [2.24, 2.45) is 0 Å². The second-order valence-corrected chi connectivity index (χ2v) is 5.12. The quantitative estimate of drug-likeness (QED) is 0.741. The van der Waals surface area contributed by atoms with Gasteiger partial charge in [0.05, 0.1) is 7.11 Å². The summed E-state index contributed by atoms with van der Waals surface area (Å²) in [6.07, 6.45) is 0.950. The fraction of sp³-hybridized carbons (Fsp3) is 0.375. The molecule has 1 aliphatic rings. The SMILES string of the molecule is COc1cccc(C(=O)NCC(=O)OCC(=O)N2CCCC2=O)c1. The zero-order chi connectivity index (χ0) is 17.5. The molecule has 8 heteroatoms. The van der Waals surface area contributed by atoms with Crippen LogP contribution in [0.25, 0.3) is 0 Å². The number of amides is 3. The molecule has 128 valence electrons. The van der Waals surface area contributed by atoms with Gasteiger partial charge in [0, 0.05) is 18.5 Å². The van der Waals surface area contributed by atoms with E-state index in [2.05, 4.69) is 5.32 Å². The van der Waals surface area contributed by atoms with E-state index in [1.165, 1.54) is 13.2 Å². The Kier molecular flexibility index (Phi) is 5.89. The highest BCUT2D eigenvalue weighted by atomic mass is 16.5. The fourth-order valence-corrected chi connectivity index (χ4v) is 2.20. The molecule has 1 aromatic rings. The summed E-state index contributed by atoms with van der Waals surface area (Å²) in [5.74, 6) is -1.52. The van der Waals surface area contributed by atoms with E-state index in [1.54, 1.807) is 18.2 Å². The molecule has 0 bridgehead atoms. The lowest BCUT2D eigenvalue weighted by atomic mass is 10.2. The number of rotatable bonds is 6. The average molecular weight is 334 g/mol. The molecule has 3 amide bonds. The van der Waals surface area contributed by atoms with Crippen LogP contribution in [0.5, 0.6) is 5.75 Å². The average Bonchev–Trinajstić information content (AvgIpc) is 3.03. The Hall–Kier alpha value is -2.90. The van der Waals surface area contributed by atoms with Crippen molar-refractivity contribution in [3.8, 4) is 5.75 Å². The van der Waals surface area contributed by atoms with Crippen LogP contribution in [0, 0.1) is 0 Å². The summed E-state index contributed by atoms with van der Waals surface area (Å²) >= 11 is 0. The van der Waals surface area contributed by atoms with Crippen LogP contribution >= 0.6 is 0 Å². The zero-order valence-electron chi connectivity index (χ0n) is 13.2. The van der Waals surface area contributed by atoms with Crippen LogP contribution in [0.15, 0.2) is 24.3 Å². The fourth-order valence-electron chi connectivity index (χ4n) is 2.20. The summed E-state index contributed by atoms with van der Waals surface area (Å²) in [6, 6.07) is 6.45. The number of likely N-dealkylation sites (tertiary alicyclic amines) is 1. The summed E-state index contributed by atoms with van der Waals surface area (Å²) in [5, 5.41) is 2.39. The summed E-state index contributed by atoms with van der Waals surface area (Å²) in [5.41, 5.74) is 0.334. The summed E-state index contributed by atoms with van der Waals surface area (Å²) in [7, 11) is 1.48. The third-order valence-corrected chi connectivity index (χ3v) is 3.46. The van der Waals surface area contributed by atoms with Crippen LogP contribution in [0.2, 0.25) is 0 Å². The van der Waals surface area contributed by atoms with Gasteiger partial charge in [0.1, 0.15) is 12.3 Å². The highest BCUT2D eigenvalue weighted by Gasteiger charge is 2.26. The van der Waals surface area contributed by atoms with Gasteiger partial charge in [-0.05, 0) is 24.6 Å². The molecular formula is C16H18N2O6. The lowest BCUT2D eigenvalue weighted by Crippen LogP contribution is -2.37. The highest BCUT2D eigenvalue weighted by Crippen LogP contribution is 2.12. The predicted octanol–water partition coefficient (Wildman–Crippen LogP) is 0.117. The van der Waals surface area contributed by atoms with E-state index < -0.39 is 24.4 Å². The Balaban J connectivity index is 1.75. The molecule has 0 radical (unpaired) electrons. The van der Waals surface area contributed by atoms with Gasteiger partial charge in [0.2, 0.25) is 5.91 Å². The van der Waals surface area contributed by atoms with Crippen LogP contribution < -0.4 is 10.1 Å². The van der Waals surface area contributed by atoms with Crippen LogP contribution in [-0.2, 0) is 19.1 Å². The molecule has 8 nitrogen and oxygen atoms in total. The Labute approximate surface area is 138 Å². The van der Waals surface area contributed by atoms with E-state index in [1.807, 2.05) is 0 Å². The Bertz CT molecular complexity index is 658. The summed E-state index contributed by atoms with van der Waals surface area (Å²) < 4.78 is 9.79. The minimum Gasteiger partial charge on any atom is -0.497 e. The number of nitrogens with zero attached hydrogens (tertiary/aromatic N) is 1. The molecule has 1 heterocycles. The van der Waals surface area contributed by atoms with E-state index in [-0.39, 0.29) is 12.5 Å². The van der Waals surface area contributed by atoms with Crippen LogP contribution in [-0.4, -0.2) is 55.4 Å². The lowest BCUT2D eigenvalue weighted by Gasteiger charge is -2.13. The minimum atomic E-state index is -0.758. The summed E-state index contributed by atoms with van der Waals surface area (Å²) in [6.45, 7) is -0.543. The molecule has 0 spiro atoms. The molecule has 0 atom stereocenters. The number of benzene rings is 1. The van der Waals surface area contributed by atoms with Crippen molar-refractivity contribution in [1.82, 2.24) is 10.2 Å². The molecule has 24 heavy (non-hydrogen) atoms. The summed E-state index contributed by atoms with van der Waals surface area (Å²) in [4.78, 5) is 47.7. The molecule has 0 aromatic heterocycles. The van der Waals surface area contributed by atoms with Crippen molar-refractivity contribution in [3.63, 3.8) is 0 Å². The Morgan fingerprint density at radius 2 is 2.08 bits per heavy atom. The minimum absolute atomic E-state index is 0.262. The van der Waals surface area contributed by atoms with Gasteiger partial charge in [0.25, 0.3) is 11.8 Å². The van der Waals surface area contributed by atoms with Crippen LogP contribution in [0.3, 0.4) is 0 Å². The Morgan fingerprint density at radius 1 is 1.29 bits per heavy atom. The standard InChI is InChI=1S/C16H18N2O6/c1-23-12-5-2-4-11(8-12)16(22)17-9-15(21)24-10-14(20)18-7-3-6-13(18)19/h2,4-5,8H,3,6-7,9-10H2,1H3,(H,17,22). The van der Waals surface area contributed by atoms with Crippen molar-refractivity contribution >= 4 is 23.7 Å². The van der Waals surface area contributed by atoms with E-state index >= 15 is 0 Å². The maximum Gasteiger partial charge on any atom is 0.325 e. The van der Waals surface area contributed by atoms with Crippen molar-refractivity contribution in [3.05, 3.63) is 29.8 Å².